The third-order valence-corrected chi connectivity index (χ3v) is 3.40. The summed E-state index contributed by atoms with van der Waals surface area (Å²) in [6, 6.07) is 0. The zero-order valence-electron chi connectivity index (χ0n) is 7.44. The Labute approximate surface area is 74.3 Å². The third kappa shape index (κ3) is 4.02. The number of unbranched alkanes of at least 4 members (excludes halogenated alkanes) is 2. The van der Waals surface area contributed by atoms with Gasteiger partial charge in [-0.25, -0.2) is 0 Å². The molecule has 0 amide bonds. The summed E-state index contributed by atoms with van der Waals surface area (Å²) in [7, 11) is 0. The van der Waals surface area contributed by atoms with Crippen LogP contribution in [0.15, 0.2) is 0 Å². The van der Waals surface area contributed by atoms with Gasteiger partial charge in [0.25, 0.3) is 0 Å². The van der Waals surface area contributed by atoms with Crippen LogP contribution in [0, 0.1) is 5.92 Å². The number of rotatable bonds is 6. The van der Waals surface area contributed by atoms with Gasteiger partial charge in [-0.15, -0.1) is 0 Å². The first kappa shape index (κ1) is 9.40. The van der Waals surface area contributed by atoms with Gasteiger partial charge in [-0.2, -0.15) is 11.8 Å². The number of hydrogen-bond donors (Lipinski definition) is 1. The molecule has 1 fully saturated rings. The fourth-order valence-electron chi connectivity index (χ4n) is 1.17. The van der Waals surface area contributed by atoms with Crippen molar-refractivity contribution in [1.29, 1.82) is 0 Å². The van der Waals surface area contributed by atoms with E-state index >= 15 is 0 Å². The number of nitrogens with one attached hydrogen (secondary N) is 1. The maximum atomic E-state index is 3.30. The van der Waals surface area contributed by atoms with Crippen molar-refractivity contribution in [3.8, 4) is 0 Å². The molecule has 0 saturated carbocycles. The molecule has 0 unspecified atom stereocenters. The van der Waals surface area contributed by atoms with Crippen LogP contribution in [0.4, 0.5) is 0 Å². The Morgan fingerprint density at radius 1 is 1.36 bits per heavy atom. The van der Waals surface area contributed by atoms with Crippen molar-refractivity contribution in [3.63, 3.8) is 0 Å². The van der Waals surface area contributed by atoms with Crippen LogP contribution in [0.25, 0.3) is 0 Å². The lowest BCUT2D eigenvalue weighted by Gasteiger charge is -2.26. The van der Waals surface area contributed by atoms with Crippen molar-refractivity contribution in [1.82, 2.24) is 5.32 Å². The molecule has 0 aromatic carbocycles. The largest absolute Gasteiger partial charge is 0.316 e. The standard InChI is InChI=1S/C9H19NS/c1-2-3-4-5-11-8-9-6-10-7-9/h9-10H,2-8H2,1H3. The molecule has 1 N–H and O–H groups in total. The summed E-state index contributed by atoms with van der Waals surface area (Å²) in [5.74, 6) is 3.75. The SMILES string of the molecule is CCCCCSCC1CNC1. The Kier molecular flexibility index (Phi) is 5.04. The average molecular weight is 173 g/mol. The third-order valence-electron chi connectivity index (χ3n) is 2.11. The molecule has 0 bridgehead atoms. The highest BCUT2D eigenvalue weighted by Gasteiger charge is 2.15. The summed E-state index contributed by atoms with van der Waals surface area (Å²) in [4.78, 5) is 0. The van der Waals surface area contributed by atoms with Crippen molar-refractivity contribution >= 4 is 11.8 Å². The highest BCUT2D eigenvalue weighted by molar-refractivity contribution is 7.99. The molecule has 1 heterocycles. The van der Waals surface area contributed by atoms with Gasteiger partial charge in [0.15, 0.2) is 0 Å². The number of hydrogen-bond acceptors (Lipinski definition) is 2. The first-order valence-electron chi connectivity index (χ1n) is 4.72. The van der Waals surface area contributed by atoms with Gasteiger partial charge in [0.2, 0.25) is 0 Å². The summed E-state index contributed by atoms with van der Waals surface area (Å²) >= 11 is 2.14. The van der Waals surface area contributed by atoms with E-state index in [0.717, 1.165) is 5.92 Å². The van der Waals surface area contributed by atoms with Crippen LogP contribution in [0.1, 0.15) is 26.2 Å². The van der Waals surface area contributed by atoms with E-state index < -0.39 is 0 Å². The average Bonchev–Trinajstić information content (AvgIpc) is 1.93. The predicted octanol–water partition coefficient (Wildman–Crippen LogP) is 2.13. The van der Waals surface area contributed by atoms with Gasteiger partial charge in [0, 0.05) is 0 Å². The molecule has 1 aliphatic heterocycles. The van der Waals surface area contributed by atoms with Crippen molar-refractivity contribution in [2.45, 2.75) is 26.2 Å². The highest BCUT2D eigenvalue weighted by atomic mass is 32.2. The van der Waals surface area contributed by atoms with Gasteiger partial charge in [-0.05, 0) is 36.9 Å². The van der Waals surface area contributed by atoms with Gasteiger partial charge >= 0.3 is 0 Å². The second-order valence-electron chi connectivity index (χ2n) is 3.31. The predicted molar refractivity (Wildman–Crippen MR) is 53.2 cm³/mol. The van der Waals surface area contributed by atoms with Crippen LogP contribution in [0.2, 0.25) is 0 Å². The van der Waals surface area contributed by atoms with Gasteiger partial charge < -0.3 is 5.32 Å². The maximum absolute atomic E-state index is 3.30. The van der Waals surface area contributed by atoms with Crippen LogP contribution in [-0.4, -0.2) is 24.6 Å². The Bertz CT molecular complexity index is 91.6. The minimum Gasteiger partial charge on any atom is -0.316 e. The van der Waals surface area contributed by atoms with E-state index in [1.165, 1.54) is 43.9 Å². The van der Waals surface area contributed by atoms with E-state index in [1.54, 1.807) is 0 Å². The molecule has 1 rings (SSSR count). The van der Waals surface area contributed by atoms with Crippen LogP contribution >= 0.6 is 11.8 Å². The molecule has 1 nitrogen and oxygen atoms in total. The molecule has 1 aliphatic rings. The van der Waals surface area contributed by atoms with E-state index in [1.807, 2.05) is 0 Å². The Morgan fingerprint density at radius 3 is 2.73 bits per heavy atom. The fraction of sp³-hybridized carbons (Fsp3) is 1.00. The lowest BCUT2D eigenvalue weighted by molar-refractivity contribution is 0.385. The molecule has 2 heteroatoms. The molecule has 1 saturated heterocycles. The molecule has 0 atom stereocenters. The second kappa shape index (κ2) is 5.90. The summed E-state index contributed by atoms with van der Waals surface area (Å²) in [5.41, 5.74) is 0. The minimum atomic E-state index is 0.988. The van der Waals surface area contributed by atoms with Gasteiger partial charge in [0.05, 0.1) is 0 Å². The summed E-state index contributed by atoms with van der Waals surface area (Å²) in [5, 5.41) is 3.30. The van der Waals surface area contributed by atoms with E-state index in [2.05, 4.69) is 24.0 Å². The summed E-state index contributed by atoms with van der Waals surface area (Å²) < 4.78 is 0. The van der Waals surface area contributed by atoms with E-state index in [0.29, 0.717) is 0 Å². The molecule has 0 aliphatic carbocycles. The van der Waals surface area contributed by atoms with Crippen molar-refractivity contribution < 1.29 is 0 Å². The first-order chi connectivity index (χ1) is 5.43. The Morgan fingerprint density at radius 2 is 2.18 bits per heavy atom. The highest BCUT2D eigenvalue weighted by Crippen LogP contribution is 2.13. The quantitative estimate of drug-likeness (QED) is 0.618. The number of thioether (sulfide) groups is 1. The van der Waals surface area contributed by atoms with Crippen LogP contribution in [0.3, 0.4) is 0 Å². The molecular weight excluding hydrogens is 154 g/mol. The van der Waals surface area contributed by atoms with E-state index in [-0.39, 0.29) is 0 Å². The fourth-order valence-corrected chi connectivity index (χ4v) is 2.31. The van der Waals surface area contributed by atoms with Crippen molar-refractivity contribution in [3.05, 3.63) is 0 Å². The van der Waals surface area contributed by atoms with Gasteiger partial charge in [-0.1, -0.05) is 19.8 Å². The van der Waals surface area contributed by atoms with Crippen LogP contribution in [-0.2, 0) is 0 Å². The topological polar surface area (TPSA) is 12.0 Å². The molecule has 0 radical (unpaired) electrons. The molecule has 0 aromatic heterocycles. The van der Waals surface area contributed by atoms with Crippen molar-refractivity contribution in [2.24, 2.45) is 5.92 Å². The van der Waals surface area contributed by atoms with E-state index in [4.69, 9.17) is 0 Å². The minimum absolute atomic E-state index is 0.988. The van der Waals surface area contributed by atoms with Crippen molar-refractivity contribution in [2.75, 3.05) is 24.6 Å². The first-order valence-corrected chi connectivity index (χ1v) is 5.87. The molecular formula is C9H19NS. The van der Waals surface area contributed by atoms with Gasteiger partial charge in [-0.3, -0.25) is 0 Å². The monoisotopic (exact) mass is 173 g/mol. The Balaban J connectivity index is 1.73. The normalized spacial score (nSPS) is 18.3. The van der Waals surface area contributed by atoms with E-state index in [9.17, 15) is 0 Å². The molecule has 0 spiro atoms. The molecule has 11 heavy (non-hydrogen) atoms. The lowest BCUT2D eigenvalue weighted by atomic mass is 10.1. The zero-order chi connectivity index (χ0) is 7.94. The lowest BCUT2D eigenvalue weighted by Crippen LogP contribution is -2.43. The van der Waals surface area contributed by atoms with Crippen LogP contribution in [0.5, 0.6) is 0 Å². The zero-order valence-corrected chi connectivity index (χ0v) is 8.25. The summed E-state index contributed by atoms with van der Waals surface area (Å²) in [6.45, 7) is 4.79. The molecule has 0 aromatic rings. The Hall–Kier alpha value is 0.310. The molecule has 66 valence electrons. The van der Waals surface area contributed by atoms with Gasteiger partial charge in [0.1, 0.15) is 0 Å². The van der Waals surface area contributed by atoms with Crippen LogP contribution < -0.4 is 5.32 Å². The summed E-state index contributed by atoms with van der Waals surface area (Å²) in [6.07, 6.45) is 4.18. The maximum Gasteiger partial charge on any atom is -0.0000326 e. The second-order valence-corrected chi connectivity index (χ2v) is 4.46. The smallest absolute Gasteiger partial charge is 0.0000326 e.